The molecule has 20 heavy (non-hydrogen) atoms. The maximum atomic E-state index is 9.18. The van der Waals surface area contributed by atoms with E-state index in [-0.39, 0.29) is 0 Å². The van der Waals surface area contributed by atoms with Crippen LogP contribution >= 0.6 is 11.3 Å². The van der Waals surface area contributed by atoms with Crippen molar-refractivity contribution in [2.75, 3.05) is 0 Å². The van der Waals surface area contributed by atoms with Gasteiger partial charge in [0.15, 0.2) is 0 Å². The number of hydrogen-bond donors (Lipinski definition) is 1. The zero-order valence-electron chi connectivity index (χ0n) is 10.9. The van der Waals surface area contributed by atoms with Crippen molar-refractivity contribution in [3.8, 4) is 6.07 Å². The van der Waals surface area contributed by atoms with Crippen molar-refractivity contribution < 1.29 is 0 Å². The van der Waals surface area contributed by atoms with E-state index >= 15 is 0 Å². The lowest BCUT2D eigenvalue weighted by molar-refractivity contribution is 0.604. The second kappa shape index (κ2) is 4.46. The molecule has 1 aliphatic rings. The van der Waals surface area contributed by atoms with Crippen LogP contribution in [-0.2, 0) is 6.42 Å². The van der Waals surface area contributed by atoms with Gasteiger partial charge in [-0.2, -0.15) is 5.26 Å². The molecular formula is C16H13N3S. The summed E-state index contributed by atoms with van der Waals surface area (Å²) in [4.78, 5) is 9.61. The highest BCUT2D eigenvalue weighted by atomic mass is 32.1. The molecule has 0 saturated carbocycles. The highest BCUT2D eigenvalue weighted by Crippen LogP contribution is 2.38. The van der Waals surface area contributed by atoms with Crippen molar-refractivity contribution in [2.24, 2.45) is 0 Å². The van der Waals surface area contributed by atoms with Crippen molar-refractivity contribution in [3.05, 3.63) is 51.5 Å². The van der Waals surface area contributed by atoms with Gasteiger partial charge in [-0.05, 0) is 48.4 Å². The summed E-state index contributed by atoms with van der Waals surface area (Å²) in [6.45, 7) is 0. The Morgan fingerprint density at radius 2 is 2.30 bits per heavy atom. The van der Waals surface area contributed by atoms with Crippen LogP contribution in [0.4, 0.5) is 0 Å². The van der Waals surface area contributed by atoms with E-state index in [4.69, 9.17) is 4.98 Å². The number of para-hydroxylation sites is 1. The standard InChI is InChI=1S/C16H13N3S/c17-9-10-3-1-5-13-15(10)19-16(18-13)12-4-2-6-14-11(12)7-8-20-14/h1,3,5,7-8,12H,2,4,6H2,(H,18,19). The third-order valence-electron chi connectivity index (χ3n) is 4.03. The van der Waals surface area contributed by atoms with Crippen molar-refractivity contribution in [1.82, 2.24) is 9.97 Å². The zero-order chi connectivity index (χ0) is 13.5. The minimum atomic E-state index is 0.351. The van der Waals surface area contributed by atoms with Crippen LogP contribution < -0.4 is 0 Å². The summed E-state index contributed by atoms with van der Waals surface area (Å²) in [6.07, 6.45) is 3.53. The first-order valence-corrected chi connectivity index (χ1v) is 7.70. The molecule has 1 aromatic carbocycles. The molecule has 0 spiro atoms. The first-order chi connectivity index (χ1) is 9.86. The lowest BCUT2D eigenvalue weighted by atomic mass is 9.87. The van der Waals surface area contributed by atoms with E-state index in [0.29, 0.717) is 11.5 Å². The quantitative estimate of drug-likeness (QED) is 0.733. The molecule has 1 atom stereocenters. The van der Waals surface area contributed by atoms with E-state index in [1.165, 1.54) is 23.3 Å². The Labute approximate surface area is 120 Å². The number of aryl methyl sites for hydroxylation is 1. The van der Waals surface area contributed by atoms with Crippen LogP contribution in [0.2, 0.25) is 0 Å². The van der Waals surface area contributed by atoms with Gasteiger partial charge in [0.1, 0.15) is 17.4 Å². The fourth-order valence-electron chi connectivity index (χ4n) is 3.08. The Hall–Kier alpha value is -2.12. The first kappa shape index (κ1) is 11.7. The van der Waals surface area contributed by atoms with Crippen LogP contribution in [0.3, 0.4) is 0 Å². The van der Waals surface area contributed by atoms with Gasteiger partial charge in [0.05, 0.1) is 11.1 Å². The number of H-pyrrole nitrogens is 1. The number of hydrogen-bond acceptors (Lipinski definition) is 3. The highest BCUT2D eigenvalue weighted by molar-refractivity contribution is 7.10. The van der Waals surface area contributed by atoms with Crippen LogP contribution in [0.15, 0.2) is 29.6 Å². The molecule has 0 amide bonds. The van der Waals surface area contributed by atoms with E-state index < -0.39 is 0 Å². The summed E-state index contributed by atoms with van der Waals surface area (Å²) in [5.41, 5.74) is 3.82. The lowest BCUT2D eigenvalue weighted by Crippen LogP contribution is -2.09. The molecular weight excluding hydrogens is 266 g/mol. The second-order valence-corrected chi connectivity index (χ2v) is 6.18. The number of benzene rings is 1. The van der Waals surface area contributed by atoms with Crippen LogP contribution in [0.1, 0.15) is 40.6 Å². The summed E-state index contributed by atoms with van der Waals surface area (Å²) < 4.78 is 0. The number of nitriles is 1. The van der Waals surface area contributed by atoms with E-state index in [9.17, 15) is 5.26 Å². The smallest absolute Gasteiger partial charge is 0.114 e. The minimum absolute atomic E-state index is 0.351. The Balaban J connectivity index is 1.87. The average Bonchev–Trinajstić information content (AvgIpc) is 3.12. The van der Waals surface area contributed by atoms with Gasteiger partial charge < -0.3 is 4.98 Å². The third-order valence-corrected chi connectivity index (χ3v) is 5.03. The van der Waals surface area contributed by atoms with Crippen LogP contribution in [0.5, 0.6) is 0 Å². The van der Waals surface area contributed by atoms with Crippen molar-refractivity contribution in [3.63, 3.8) is 0 Å². The van der Waals surface area contributed by atoms with E-state index in [0.717, 1.165) is 23.3 Å². The zero-order valence-corrected chi connectivity index (χ0v) is 11.7. The highest BCUT2D eigenvalue weighted by Gasteiger charge is 2.25. The van der Waals surface area contributed by atoms with Gasteiger partial charge in [0.25, 0.3) is 0 Å². The van der Waals surface area contributed by atoms with Gasteiger partial charge >= 0.3 is 0 Å². The van der Waals surface area contributed by atoms with Gasteiger partial charge in [-0.15, -0.1) is 11.3 Å². The maximum Gasteiger partial charge on any atom is 0.114 e. The van der Waals surface area contributed by atoms with Gasteiger partial charge in [-0.3, -0.25) is 0 Å². The predicted octanol–water partition coefficient (Wildman–Crippen LogP) is 3.96. The van der Waals surface area contributed by atoms with Crippen molar-refractivity contribution in [2.45, 2.75) is 25.2 Å². The summed E-state index contributed by atoms with van der Waals surface area (Å²) in [5, 5.41) is 11.4. The summed E-state index contributed by atoms with van der Waals surface area (Å²) in [5.74, 6) is 1.35. The van der Waals surface area contributed by atoms with Gasteiger partial charge in [-0.25, -0.2) is 4.98 Å². The van der Waals surface area contributed by atoms with E-state index in [2.05, 4.69) is 22.5 Å². The number of aromatic amines is 1. The topological polar surface area (TPSA) is 52.5 Å². The molecule has 1 N–H and O–H groups in total. The number of rotatable bonds is 1. The van der Waals surface area contributed by atoms with Gasteiger partial charge in [-0.1, -0.05) is 6.07 Å². The third kappa shape index (κ3) is 1.67. The Kier molecular flexibility index (Phi) is 2.61. The molecule has 3 nitrogen and oxygen atoms in total. The first-order valence-electron chi connectivity index (χ1n) is 6.82. The molecule has 4 heteroatoms. The molecule has 0 saturated heterocycles. The van der Waals surface area contributed by atoms with Crippen LogP contribution in [0, 0.1) is 11.3 Å². The molecule has 0 aliphatic heterocycles. The minimum Gasteiger partial charge on any atom is -0.341 e. The molecule has 0 fully saturated rings. The predicted molar refractivity (Wildman–Crippen MR) is 79.9 cm³/mol. The van der Waals surface area contributed by atoms with Crippen LogP contribution in [0.25, 0.3) is 11.0 Å². The molecule has 1 unspecified atom stereocenters. The molecule has 2 aromatic heterocycles. The molecule has 4 rings (SSSR count). The normalized spacial score (nSPS) is 17.9. The summed E-state index contributed by atoms with van der Waals surface area (Å²) in [7, 11) is 0. The molecule has 2 heterocycles. The number of thiophene rings is 1. The van der Waals surface area contributed by atoms with Gasteiger partial charge in [0.2, 0.25) is 0 Å². The fourth-order valence-corrected chi connectivity index (χ4v) is 4.06. The van der Waals surface area contributed by atoms with E-state index in [1.54, 1.807) is 0 Å². The maximum absolute atomic E-state index is 9.18. The van der Waals surface area contributed by atoms with E-state index in [1.807, 2.05) is 29.5 Å². The molecule has 98 valence electrons. The monoisotopic (exact) mass is 279 g/mol. The molecule has 1 aliphatic carbocycles. The lowest BCUT2D eigenvalue weighted by Gasteiger charge is -2.20. The number of fused-ring (bicyclic) bond motifs is 2. The molecule has 3 aromatic rings. The number of imidazole rings is 1. The Morgan fingerprint density at radius 3 is 3.20 bits per heavy atom. The molecule has 0 bridgehead atoms. The SMILES string of the molecule is N#Cc1cccc2[nH]c(C3CCCc4sccc43)nc12. The van der Waals surface area contributed by atoms with Crippen LogP contribution in [-0.4, -0.2) is 9.97 Å². The number of aromatic nitrogens is 2. The number of nitrogens with one attached hydrogen (secondary N) is 1. The average molecular weight is 279 g/mol. The summed E-state index contributed by atoms with van der Waals surface area (Å²) in [6, 6.07) is 10.2. The van der Waals surface area contributed by atoms with Gasteiger partial charge in [0, 0.05) is 10.8 Å². The number of nitrogens with zero attached hydrogens (tertiary/aromatic N) is 2. The largest absolute Gasteiger partial charge is 0.341 e. The molecule has 0 radical (unpaired) electrons. The fraction of sp³-hybridized carbons (Fsp3) is 0.250. The van der Waals surface area contributed by atoms with Crippen molar-refractivity contribution in [1.29, 1.82) is 5.26 Å². The Morgan fingerprint density at radius 1 is 1.35 bits per heavy atom. The second-order valence-electron chi connectivity index (χ2n) is 5.18. The Bertz CT molecular complexity index is 822. The summed E-state index contributed by atoms with van der Waals surface area (Å²) >= 11 is 1.84. The van der Waals surface area contributed by atoms with Crippen molar-refractivity contribution >= 4 is 22.4 Å².